The highest BCUT2D eigenvalue weighted by Gasteiger charge is 2.32. The number of piperazine rings is 1. The molecule has 0 aromatic heterocycles. The van der Waals surface area contributed by atoms with Crippen molar-refractivity contribution in [1.29, 1.82) is 0 Å². The zero-order valence-electron chi connectivity index (χ0n) is 19.4. The number of carbonyl (C=O) groups excluding carboxylic acids is 1. The van der Waals surface area contributed by atoms with Crippen LogP contribution in [0.25, 0.3) is 0 Å². The van der Waals surface area contributed by atoms with Crippen LogP contribution in [0.15, 0.2) is 24.3 Å². The minimum absolute atomic E-state index is 0.0536. The molecule has 1 aliphatic carbocycles. The van der Waals surface area contributed by atoms with Crippen LogP contribution in [-0.4, -0.2) is 62.3 Å². The molecule has 0 atom stereocenters. The Kier molecular flexibility index (Phi) is 8.09. The van der Waals surface area contributed by atoms with Gasteiger partial charge in [0.2, 0.25) is 0 Å². The first-order chi connectivity index (χ1) is 15.1. The Morgan fingerprint density at radius 1 is 1.09 bits per heavy atom. The number of anilines is 1. The minimum Gasteiger partial charge on any atom is -0.369 e. The Morgan fingerprint density at radius 2 is 1.75 bits per heavy atom. The van der Waals surface area contributed by atoms with Crippen molar-refractivity contribution in [3.63, 3.8) is 0 Å². The first-order valence-corrected chi connectivity index (χ1v) is 11.6. The Balaban J connectivity index is 1.37. The van der Waals surface area contributed by atoms with Crippen LogP contribution in [0.4, 0.5) is 18.9 Å². The zero-order valence-corrected chi connectivity index (χ0v) is 19.4. The Hall–Kier alpha value is -1.80. The molecule has 32 heavy (non-hydrogen) atoms. The van der Waals surface area contributed by atoms with E-state index in [1.165, 1.54) is 12.1 Å². The summed E-state index contributed by atoms with van der Waals surface area (Å²) in [4.78, 5) is 16.7. The molecule has 180 valence electrons. The summed E-state index contributed by atoms with van der Waals surface area (Å²) >= 11 is 0. The predicted octanol–water partition coefficient (Wildman–Crippen LogP) is 4.32. The second kappa shape index (κ2) is 10.4. The van der Waals surface area contributed by atoms with Crippen molar-refractivity contribution in [1.82, 2.24) is 10.2 Å². The topological polar surface area (TPSA) is 44.8 Å². The van der Waals surface area contributed by atoms with E-state index in [9.17, 15) is 18.0 Å². The lowest BCUT2D eigenvalue weighted by atomic mass is 9.83. The van der Waals surface area contributed by atoms with E-state index >= 15 is 0 Å². The van der Waals surface area contributed by atoms with Gasteiger partial charge in [0.1, 0.15) is 5.60 Å². The number of methoxy groups -OCH3 is 1. The molecule has 1 aromatic rings. The van der Waals surface area contributed by atoms with Crippen molar-refractivity contribution in [3.8, 4) is 0 Å². The molecule has 3 rings (SSSR count). The van der Waals surface area contributed by atoms with E-state index in [-0.39, 0.29) is 11.9 Å². The van der Waals surface area contributed by atoms with Crippen molar-refractivity contribution < 1.29 is 22.7 Å². The summed E-state index contributed by atoms with van der Waals surface area (Å²) in [5.74, 6) is 0.613. The summed E-state index contributed by atoms with van der Waals surface area (Å²) < 4.78 is 44.2. The number of carbonyl (C=O) groups is 1. The first-order valence-electron chi connectivity index (χ1n) is 11.6. The summed E-state index contributed by atoms with van der Waals surface area (Å²) in [5.41, 5.74) is -0.737. The molecule has 1 aromatic carbocycles. The fourth-order valence-corrected chi connectivity index (χ4v) is 4.52. The molecule has 1 saturated heterocycles. The predicted molar refractivity (Wildman–Crippen MR) is 120 cm³/mol. The van der Waals surface area contributed by atoms with Crippen LogP contribution in [0.2, 0.25) is 0 Å². The van der Waals surface area contributed by atoms with Crippen LogP contribution in [0, 0.1) is 5.92 Å². The summed E-state index contributed by atoms with van der Waals surface area (Å²) in [5, 5.41) is 3.12. The second-order valence-corrected chi connectivity index (χ2v) is 9.57. The number of alkyl halides is 3. The maximum atomic E-state index is 13.0. The molecule has 0 unspecified atom stereocenters. The van der Waals surface area contributed by atoms with Gasteiger partial charge in [0.25, 0.3) is 5.91 Å². The SMILES string of the molecule is COC(C)(C)C(=O)NC1CCC(CCN2CCN(c3cccc(C(F)(F)F)c3)CC2)CC1. The van der Waals surface area contributed by atoms with E-state index in [1.54, 1.807) is 27.0 Å². The van der Waals surface area contributed by atoms with Crippen LogP contribution >= 0.6 is 0 Å². The second-order valence-electron chi connectivity index (χ2n) is 9.57. The third-order valence-corrected chi connectivity index (χ3v) is 7.00. The third kappa shape index (κ3) is 6.61. The molecule has 1 amide bonds. The van der Waals surface area contributed by atoms with Gasteiger partial charge in [-0.3, -0.25) is 9.69 Å². The Morgan fingerprint density at radius 3 is 2.34 bits per heavy atom. The third-order valence-electron chi connectivity index (χ3n) is 7.00. The van der Waals surface area contributed by atoms with Crippen molar-refractivity contribution in [2.75, 3.05) is 44.7 Å². The molecule has 1 N–H and O–H groups in total. The van der Waals surface area contributed by atoms with E-state index in [0.29, 0.717) is 11.6 Å². The molecule has 8 heteroatoms. The zero-order chi connectivity index (χ0) is 23.4. The van der Waals surface area contributed by atoms with E-state index in [0.717, 1.165) is 70.9 Å². The molecule has 5 nitrogen and oxygen atoms in total. The first kappa shape index (κ1) is 24.8. The summed E-state index contributed by atoms with van der Waals surface area (Å²) in [7, 11) is 1.55. The van der Waals surface area contributed by atoms with E-state index < -0.39 is 17.3 Å². The number of rotatable bonds is 7. The quantitative estimate of drug-likeness (QED) is 0.665. The molecule has 0 radical (unpaired) electrons. The van der Waals surface area contributed by atoms with Crippen LogP contribution < -0.4 is 10.2 Å². The number of halogens is 3. The number of ether oxygens (including phenoxy) is 1. The highest BCUT2D eigenvalue weighted by atomic mass is 19.4. The maximum absolute atomic E-state index is 13.0. The van der Waals surface area contributed by atoms with Crippen LogP contribution in [-0.2, 0) is 15.7 Å². The summed E-state index contributed by atoms with van der Waals surface area (Å²) in [6, 6.07) is 5.85. The molecule has 1 saturated carbocycles. The van der Waals surface area contributed by atoms with Gasteiger partial charge in [0, 0.05) is 45.0 Å². The molecule has 1 aliphatic heterocycles. The molecule has 0 spiro atoms. The fourth-order valence-electron chi connectivity index (χ4n) is 4.52. The van der Waals surface area contributed by atoms with E-state index in [1.807, 2.05) is 4.90 Å². The minimum atomic E-state index is -4.31. The highest BCUT2D eigenvalue weighted by Crippen LogP contribution is 2.32. The number of hydrogen-bond acceptors (Lipinski definition) is 4. The molecule has 2 fully saturated rings. The van der Waals surface area contributed by atoms with Crippen molar-refractivity contribution in [3.05, 3.63) is 29.8 Å². The van der Waals surface area contributed by atoms with Gasteiger partial charge in [-0.1, -0.05) is 6.07 Å². The van der Waals surface area contributed by atoms with Crippen LogP contribution in [0.3, 0.4) is 0 Å². The van der Waals surface area contributed by atoms with Crippen LogP contribution in [0.1, 0.15) is 51.5 Å². The lowest BCUT2D eigenvalue weighted by Gasteiger charge is -2.37. The fraction of sp³-hybridized carbons (Fsp3) is 0.708. The lowest BCUT2D eigenvalue weighted by molar-refractivity contribution is -0.140. The smallest absolute Gasteiger partial charge is 0.369 e. The van der Waals surface area contributed by atoms with Gasteiger partial charge >= 0.3 is 6.18 Å². The highest BCUT2D eigenvalue weighted by molar-refractivity contribution is 5.84. The summed E-state index contributed by atoms with van der Waals surface area (Å²) in [6.07, 6.45) is 1.05. The number of benzene rings is 1. The van der Waals surface area contributed by atoms with Gasteiger partial charge in [0.05, 0.1) is 5.56 Å². The van der Waals surface area contributed by atoms with Gasteiger partial charge in [0.15, 0.2) is 0 Å². The van der Waals surface area contributed by atoms with Gasteiger partial charge in [-0.25, -0.2) is 0 Å². The van der Waals surface area contributed by atoms with Crippen LogP contribution in [0.5, 0.6) is 0 Å². The summed E-state index contributed by atoms with van der Waals surface area (Å²) in [6.45, 7) is 7.81. The molecular formula is C24H36F3N3O2. The average Bonchev–Trinajstić information content (AvgIpc) is 2.78. The number of nitrogens with one attached hydrogen (secondary N) is 1. The number of nitrogens with zero attached hydrogens (tertiary/aromatic N) is 2. The normalized spacial score (nSPS) is 23.2. The monoisotopic (exact) mass is 455 g/mol. The molecular weight excluding hydrogens is 419 g/mol. The number of hydrogen-bond donors (Lipinski definition) is 1. The standard InChI is InChI=1S/C24H36F3N3O2/c1-23(2,32-3)22(31)28-20-9-7-18(8-10-20)11-12-29-13-15-30(16-14-29)21-6-4-5-19(17-21)24(25,26)27/h4-6,17-18,20H,7-16H2,1-3H3,(H,28,31). The Bertz CT molecular complexity index is 753. The van der Waals surface area contributed by atoms with E-state index in [4.69, 9.17) is 4.74 Å². The molecule has 1 heterocycles. The lowest BCUT2D eigenvalue weighted by Crippen LogP contribution is -2.49. The van der Waals surface area contributed by atoms with Gasteiger partial charge < -0.3 is 15.0 Å². The van der Waals surface area contributed by atoms with Crippen molar-refractivity contribution >= 4 is 11.6 Å². The van der Waals surface area contributed by atoms with Crippen molar-refractivity contribution in [2.45, 2.75) is 63.8 Å². The Labute approximate surface area is 189 Å². The largest absolute Gasteiger partial charge is 0.416 e. The van der Waals surface area contributed by atoms with Crippen molar-refractivity contribution in [2.24, 2.45) is 5.92 Å². The maximum Gasteiger partial charge on any atom is 0.416 e. The average molecular weight is 456 g/mol. The molecule has 2 aliphatic rings. The van der Waals surface area contributed by atoms with Gasteiger partial charge in [-0.05, 0) is 76.6 Å². The number of amides is 1. The van der Waals surface area contributed by atoms with Gasteiger partial charge in [-0.15, -0.1) is 0 Å². The molecule has 0 bridgehead atoms. The van der Waals surface area contributed by atoms with E-state index in [2.05, 4.69) is 10.2 Å². The van der Waals surface area contributed by atoms with Gasteiger partial charge in [-0.2, -0.15) is 13.2 Å².